The number of carbonyl (C=O) groups is 2. The van der Waals surface area contributed by atoms with Crippen molar-refractivity contribution in [2.45, 2.75) is 134 Å². The van der Waals surface area contributed by atoms with Crippen LogP contribution in [0.3, 0.4) is 0 Å². The molecule has 1 spiro atoms. The number of phenolic OH excluding ortho intramolecular Hbond substituents is 1. The second kappa shape index (κ2) is 28.7. The number of rotatable bonds is 12. The number of aromatic hydroxyl groups is 1. The third kappa shape index (κ3) is 14.2. The number of hydrogen-bond acceptors (Lipinski definition) is 16. The van der Waals surface area contributed by atoms with Crippen molar-refractivity contribution in [1.82, 2.24) is 26.6 Å². The Kier molecular flexibility index (Phi) is 20.5. The standard InChI is InChI=1S/C73H96N8O6S2/c1-45(83)39-80-68-38-72(37-63-59-20-23-76-40-54(59)29-51-12-7-22-77-70(51)63)36-49-15-16-67(72)73(68)21-17-50-18-24-78-71(75)79-25-19-52(43-88-89-44-64(50)73)61(28-48-11-6-10-47(26-48)14-13-46-8-4-3-5-9-46)62-35-69(74)81-41-55(62)30-53-32-65(86)66(87-2)34-60(53)56(42-82)31-58(85)33-57(84)27-49/h3-12,26,31-32,34-35,41,45,49-52,54,59,61,63-64,67-70,76-77,80-83,86H,13-18,20-24,27-30,33,36-40,42-44,74H2,1-2H3,(H3,75,78,79). The molecule has 6 aliphatic heterocycles. The fraction of sp³-hybridized carbons (Fsp3) is 0.575. The predicted molar refractivity (Wildman–Crippen MR) is 359 cm³/mol. The molecular weight excluding hydrogens is 1150 g/mol. The Balaban J connectivity index is 0.978. The third-order valence-corrected chi connectivity index (χ3v) is 25.2. The average Bonchev–Trinajstić information content (AvgIpc) is 1.59. The van der Waals surface area contributed by atoms with Gasteiger partial charge < -0.3 is 58.1 Å². The number of ether oxygens (including phenoxy) is 1. The van der Waals surface area contributed by atoms with Crippen LogP contribution in [0.4, 0.5) is 0 Å². The molecule has 13 rings (SSSR count). The largest absolute Gasteiger partial charge is 0.504 e. The molecule has 5 fully saturated rings. The number of allylic oxidation sites excluding steroid dienone is 3. The zero-order valence-corrected chi connectivity index (χ0v) is 53.9. The molecule has 16 heteroatoms. The van der Waals surface area contributed by atoms with Crippen LogP contribution < -0.4 is 42.8 Å². The number of ketones is 2. The summed E-state index contributed by atoms with van der Waals surface area (Å²) in [5.74, 6) is 8.44. The maximum absolute atomic E-state index is 14.7. The van der Waals surface area contributed by atoms with E-state index in [0.717, 1.165) is 101 Å². The first-order chi connectivity index (χ1) is 43.3. The molecule has 14 nitrogen and oxygen atoms in total. The number of piperidine rings is 1. The summed E-state index contributed by atoms with van der Waals surface area (Å²) >= 11 is 0. The van der Waals surface area contributed by atoms with E-state index >= 15 is 0 Å². The number of aryl methyl sites for hydroxylation is 2. The molecule has 16 unspecified atom stereocenters. The highest BCUT2D eigenvalue weighted by molar-refractivity contribution is 8.76. The number of hydrogen-bond donors (Lipinski definition) is 10. The Morgan fingerprint density at radius 2 is 1.78 bits per heavy atom. The molecule has 4 aliphatic carbocycles. The Morgan fingerprint density at radius 1 is 0.944 bits per heavy atom. The van der Waals surface area contributed by atoms with Crippen molar-refractivity contribution < 1.29 is 29.6 Å². The number of nitrogens with two attached hydrogens (primary N) is 2. The van der Waals surface area contributed by atoms with E-state index in [1.807, 2.05) is 34.7 Å². The van der Waals surface area contributed by atoms with E-state index in [0.29, 0.717) is 108 Å². The van der Waals surface area contributed by atoms with Crippen LogP contribution in [0.25, 0.3) is 5.57 Å². The van der Waals surface area contributed by atoms with Crippen LogP contribution in [0.1, 0.15) is 112 Å². The molecule has 6 bridgehead atoms. The first-order valence-electron chi connectivity index (χ1n) is 33.4. The van der Waals surface area contributed by atoms with Gasteiger partial charge in [0.25, 0.3) is 0 Å². The van der Waals surface area contributed by atoms with Crippen LogP contribution in [0.15, 0.2) is 113 Å². The fourth-order valence-corrected chi connectivity index (χ4v) is 21.9. The van der Waals surface area contributed by atoms with E-state index in [4.69, 9.17) is 21.2 Å². The fourth-order valence-electron chi connectivity index (χ4n) is 19.1. The number of carbonyl (C=O) groups excluding carboxylic acids is 2. The van der Waals surface area contributed by atoms with Crippen molar-refractivity contribution >= 4 is 44.7 Å². The number of aliphatic imine (C=N–C) groups is 1. The van der Waals surface area contributed by atoms with Gasteiger partial charge in [-0.25, -0.2) is 0 Å². The molecule has 3 aromatic carbocycles. The van der Waals surface area contributed by atoms with Gasteiger partial charge in [0.15, 0.2) is 17.3 Å². The lowest BCUT2D eigenvalue weighted by atomic mass is 9.51. The van der Waals surface area contributed by atoms with Crippen LogP contribution in [0, 0.1) is 82.0 Å². The smallest absolute Gasteiger partial charge is 0.202 e. The number of phenols is 1. The van der Waals surface area contributed by atoms with Crippen molar-refractivity contribution in [3.8, 4) is 23.5 Å². The zero-order chi connectivity index (χ0) is 61.7. The molecule has 16 atom stereocenters. The van der Waals surface area contributed by atoms with Gasteiger partial charge in [-0.3, -0.25) is 9.59 Å². The monoisotopic (exact) mass is 1240 g/mol. The van der Waals surface area contributed by atoms with Crippen LogP contribution >= 0.6 is 21.6 Å². The molecule has 4 saturated carbocycles. The average molecular weight is 1250 g/mol. The SMILES string of the molecule is COc1cc2c(cc1O)CC1=CNC(N)C=C1C(Cc1cccc(CCc3ccccc3)c1)C1C#CN=C(N)NCCC3CCC4(C(NCC(C)O)CC5(CC6C7CCNCC7CC7C=CCNC76)CC(CCC54)CC(=O)CC(=O)C=C2CO)C3CSSC1. The Morgan fingerprint density at radius 3 is 2.62 bits per heavy atom. The minimum Gasteiger partial charge on any atom is -0.504 e. The number of fused-ring (bicyclic) bond motifs is 7. The highest BCUT2D eigenvalue weighted by atomic mass is 33.1. The van der Waals surface area contributed by atoms with Crippen LogP contribution in [-0.4, -0.2) is 115 Å². The summed E-state index contributed by atoms with van der Waals surface area (Å²) in [6.45, 7) is 5.64. The maximum Gasteiger partial charge on any atom is 0.202 e. The molecule has 12 N–H and O–H groups in total. The third-order valence-electron chi connectivity index (χ3n) is 22.7. The van der Waals surface area contributed by atoms with E-state index in [1.54, 1.807) is 12.1 Å². The number of aliphatic hydroxyl groups excluding tert-OH is 2. The van der Waals surface area contributed by atoms with E-state index in [2.05, 4.69) is 111 Å². The van der Waals surface area contributed by atoms with Crippen molar-refractivity contribution in [3.05, 3.63) is 136 Å². The molecule has 3 aromatic rings. The number of nitrogens with one attached hydrogen (secondary N) is 5. The molecule has 89 heavy (non-hydrogen) atoms. The van der Waals surface area contributed by atoms with Gasteiger partial charge in [-0.1, -0.05) is 94.3 Å². The van der Waals surface area contributed by atoms with Crippen LogP contribution in [-0.2, 0) is 35.3 Å². The van der Waals surface area contributed by atoms with E-state index in [1.165, 1.54) is 42.7 Å². The van der Waals surface area contributed by atoms with Gasteiger partial charge in [0.2, 0.25) is 5.96 Å². The summed E-state index contributed by atoms with van der Waals surface area (Å²) in [6, 6.07) is 26.7. The first kappa shape index (κ1) is 63.8. The van der Waals surface area contributed by atoms with Gasteiger partial charge in [0.1, 0.15) is 5.78 Å². The molecule has 476 valence electrons. The van der Waals surface area contributed by atoms with Gasteiger partial charge >= 0.3 is 0 Å². The number of aliphatic hydroxyl groups is 2. The predicted octanol–water partition coefficient (Wildman–Crippen LogP) is 8.80. The van der Waals surface area contributed by atoms with Gasteiger partial charge in [-0.15, -0.1) is 0 Å². The number of dihydropyridines is 1. The van der Waals surface area contributed by atoms with Crippen molar-refractivity contribution in [2.24, 2.45) is 86.5 Å². The minimum atomic E-state index is -0.509. The summed E-state index contributed by atoms with van der Waals surface area (Å²) in [4.78, 5) is 34.0. The number of guanidine groups is 1. The molecule has 10 aliphatic rings. The lowest BCUT2D eigenvalue weighted by Gasteiger charge is -2.56. The minimum absolute atomic E-state index is 0.0634. The quantitative estimate of drug-likeness (QED) is 0.0354. The van der Waals surface area contributed by atoms with E-state index < -0.39 is 18.9 Å². The number of Topliss-reactive ketones (excluding diaryl/α,β-unsaturated/α-hetero) is 1. The Labute approximate surface area is 536 Å². The Hall–Kier alpha value is -5.35. The molecule has 0 amide bonds. The summed E-state index contributed by atoms with van der Waals surface area (Å²) in [5.41, 5.74) is 20.8. The molecule has 6 heterocycles. The number of benzene rings is 3. The lowest BCUT2D eigenvalue weighted by molar-refractivity contribution is -0.126. The van der Waals surface area contributed by atoms with Crippen LogP contribution in [0.2, 0.25) is 0 Å². The lowest BCUT2D eigenvalue weighted by Crippen LogP contribution is -2.57. The Bertz CT molecular complexity index is 3250. The summed E-state index contributed by atoms with van der Waals surface area (Å²) in [7, 11) is 5.42. The van der Waals surface area contributed by atoms with Gasteiger partial charge in [-0.2, -0.15) is 4.99 Å². The van der Waals surface area contributed by atoms with Crippen LogP contribution in [0.5, 0.6) is 11.5 Å². The van der Waals surface area contributed by atoms with Gasteiger partial charge in [0, 0.05) is 73.7 Å². The van der Waals surface area contributed by atoms with Gasteiger partial charge in [-0.05, 0) is 237 Å². The maximum atomic E-state index is 14.7. The molecule has 0 radical (unpaired) electrons. The normalized spacial score (nSPS) is 34.4. The first-order valence-corrected chi connectivity index (χ1v) is 35.9. The second-order valence-electron chi connectivity index (χ2n) is 28.0. The number of methoxy groups -OCH3 is 1. The van der Waals surface area contributed by atoms with E-state index in [9.17, 15) is 24.9 Å². The second-order valence-corrected chi connectivity index (χ2v) is 30.5. The van der Waals surface area contributed by atoms with E-state index in [-0.39, 0.29) is 64.1 Å². The van der Waals surface area contributed by atoms with Crippen molar-refractivity contribution in [1.29, 1.82) is 0 Å². The van der Waals surface area contributed by atoms with Crippen molar-refractivity contribution in [2.75, 3.05) is 57.9 Å². The van der Waals surface area contributed by atoms with Gasteiger partial charge in [0.05, 0.1) is 32.4 Å². The zero-order valence-electron chi connectivity index (χ0n) is 52.3. The molecule has 0 aromatic heterocycles. The van der Waals surface area contributed by atoms with Crippen molar-refractivity contribution in [3.63, 3.8) is 0 Å². The highest BCUT2D eigenvalue weighted by Crippen LogP contribution is 2.72. The molecule has 1 saturated heterocycles. The topological polar surface area (TPSA) is 229 Å². The summed E-state index contributed by atoms with van der Waals surface area (Å²) < 4.78 is 5.70. The summed E-state index contributed by atoms with van der Waals surface area (Å²) in [5, 5.41) is 53.0. The number of nitrogens with zero attached hydrogens (tertiary/aromatic N) is 1. The summed E-state index contributed by atoms with van der Waals surface area (Å²) in [6.07, 6.45) is 22.7. The molecular formula is C73H96N8O6S2. The highest BCUT2D eigenvalue weighted by Gasteiger charge is 2.68.